The fraction of sp³-hybridized carbons (Fsp3) is 0.250. The highest BCUT2D eigenvalue weighted by Crippen LogP contribution is 2.32. The molecule has 5 aromatic rings. The van der Waals surface area contributed by atoms with Gasteiger partial charge < -0.3 is 11.1 Å². The first-order chi connectivity index (χ1) is 18.2. The van der Waals surface area contributed by atoms with E-state index in [2.05, 4.69) is 41.2 Å². The highest BCUT2D eigenvalue weighted by molar-refractivity contribution is 6.35. The van der Waals surface area contributed by atoms with E-state index < -0.39 is 0 Å². The van der Waals surface area contributed by atoms with Crippen molar-refractivity contribution in [2.24, 2.45) is 13.0 Å². The number of para-hydroxylation sites is 1. The summed E-state index contributed by atoms with van der Waals surface area (Å²) in [6.45, 7) is 6.29. The number of benzene rings is 2. The average molecular weight is 529 g/mol. The van der Waals surface area contributed by atoms with Gasteiger partial charge >= 0.3 is 0 Å². The van der Waals surface area contributed by atoms with Gasteiger partial charge in [-0.2, -0.15) is 10.1 Å². The first-order valence-electron chi connectivity index (χ1n) is 12.4. The van der Waals surface area contributed by atoms with E-state index in [-0.39, 0.29) is 29.4 Å². The van der Waals surface area contributed by atoms with Gasteiger partial charge in [-0.15, -0.1) is 0 Å². The Kier molecular flexibility index (Phi) is 6.86. The van der Waals surface area contributed by atoms with E-state index in [1.54, 1.807) is 33.8 Å². The summed E-state index contributed by atoms with van der Waals surface area (Å²) in [5, 5.41) is 8.66. The summed E-state index contributed by atoms with van der Waals surface area (Å²) in [5.74, 6) is 1.29. The molecule has 0 saturated carbocycles. The number of hydrogen-bond donors (Lipinski definition) is 2. The fourth-order valence-corrected chi connectivity index (χ4v) is 5.05. The lowest BCUT2D eigenvalue weighted by Gasteiger charge is -2.31. The molecule has 3 N–H and O–H groups in total. The van der Waals surface area contributed by atoms with Crippen molar-refractivity contribution in [1.82, 2.24) is 29.3 Å². The molecule has 0 spiro atoms. The molecule has 0 bridgehead atoms. The predicted molar refractivity (Wildman–Crippen MR) is 152 cm³/mol. The lowest BCUT2D eigenvalue weighted by atomic mass is 9.90. The molecular weight excluding hydrogens is 500 g/mol. The van der Waals surface area contributed by atoms with Crippen molar-refractivity contribution in [2.45, 2.75) is 32.7 Å². The number of nitrogens with one attached hydrogen (secondary N) is 1. The van der Waals surface area contributed by atoms with Crippen LogP contribution in [0.25, 0.3) is 27.7 Å². The number of fused-ring (bicyclic) bond motifs is 1. The van der Waals surface area contributed by atoms with Gasteiger partial charge in [0.15, 0.2) is 0 Å². The maximum atomic E-state index is 13.9. The van der Waals surface area contributed by atoms with Crippen LogP contribution in [0, 0.1) is 5.92 Å². The lowest BCUT2D eigenvalue weighted by molar-refractivity contribution is 0.443. The van der Waals surface area contributed by atoms with Crippen molar-refractivity contribution >= 4 is 34.3 Å². The Morgan fingerprint density at radius 3 is 2.45 bits per heavy atom. The van der Waals surface area contributed by atoms with E-state index in [4.69, 9.17) is 22.3 Å². The normalized spacial score (nSPS) is 13.1. The van der Waals surface area contributed by atoms with Gasteiger partial charge in [0.1, 0.15) is 11.6 Å². The Balaban J connectivity index is 1.66. The molecule has 0 aliphatic carbocycles. The van der Waals surface area contributed by atoms with Gasteiger partial charge in [-0.25, -0.2) is 9.97 Å². The number of rotatable bonds is 7. The van der Waals surface area contributed by atoms with Crippen molar-refractivity contribution in [2.75, 3.05) is 11.1 Å². The van der Waals surface area contributed by atoms with Gasteiger partial charge in [-0.1, -0.05) is 56.6 Å². The molecule has 2 aromatic carbocycles. The van der Waals surface area contributed by atoms with E-state index in [1.807, 2.05) is 49.6 Å². The van der Waals surface area contributed by atoms with Crippen LogP contribution in [0.3, 0.4) is 0 Å². The second-order valence-electron chi connectivity index (χ2n) is 9.68. The standard InChI is InChI=1S/C28H29ClN8O/c1-16(2)24(34-25-20(14-31-28(30)35-25)18-13-32-36(4)15-18)17(3)26-33-22-12-8-11-21(29)23(22)27(38)37(26)19-9-6-5-7-10-19/h5-17,24H,1-4H3,(H3,30,31,34,35). The molecule has 0 saturated heterocycles. The smallest absolute Gasteiger partial charge is 0.267 e. The van der Waals surface area contributed by atoms with Gasteiger partial charge in [0.2, 0.25) is 5.95 Å². The number of nitrogens with two attached hydrogens (primary N) is 1. The second-order valence-corrected chi connectivity index (χ2v) is 10.1. The Bertz CT molecular complexity index is 1660. The molecule has 9 nitrogen and oxygen atoms in total. The molecule has 0 amide bonds. The largest absolute Gasteiger partial charge is 0.368 e. The molecule has 5 rings (SSSR count). The van der Waals surface area contributed by atoms with Gasteiger partial charge in [0.05, 0.1) is 27.8 Å². The minimum Gasteiger partial charge on any atom is -0.368 e. The number of nitrogen functional groups attached to an aromatic ring is 1. The van der Waals surface area contributed by atoms with Crippen LogP contribution in [0.1, 0.15) is 32.5 Å². The summed E-state index contributed by atoms with van der Waals surface area (Å²) in [5.41, 5.74) is 8.71. The minimum absolute atomic E-state index is 0.138. The van der Waals surface area contributed by atoms with E-state index in [1.165, 1.54) is 0 Å². The summed E-state index contributed by atoms with van der Waals surface area (Å²) >= 11 is 6.47. The molecular formula is C28H29ClN8O. The molecule has 2 unspecified atom stereocenters. The molecule has 0 fully saturated rings. The molecule has 0 aliphatic heterocycles. The van der Waals surface area contributed by atoms with Crippen LogP contribution < -0.4 is 16.6 Å². The van der Waals surface area contributed by atoms with Crippen LogP contribution >= 0.6 is 11.6 Å². The third kappa shape index (κ3) is 4.72. The molecule has 10 heteroatoms. The summed E-state index contributed by atoms with van der Waals surface area (Å²) in [6, 6.07) is 14.7. The maximum absolute atomic E-state index is 13.9. The number of halogens is 1. The number of aromatic nitrogens is 6. The molecule has 3 heterocycles. The number of nitrogens with zero attached hydrogens (tertiary/aromatic N) is 6. The van der Waals surface area contributed by atoms with Crippen molar-refractivity contribution in [3.8, 4) is 16.8 Å². The van der Waals surface area contributed by atoms with Crippen LogP contribution in [0.4, 0.5) is 11.8 Å². The van der Waals surface area contributed by atoms with Crippen LogP contribution in [-0.2, 0) is 7.05 Å². The van der Waals surface area contributed by atoms with Crippen molar-refractivity contribution in [3.63, 3.8) is 0 Å². The Labute approximate surface area is 225 Å². The summed E-state index contributed by atoms with van der Waals surface area (Å²) in [6.07, 6.45) is 5.35. The first-order valence-corrected chi connectivity index (χ1v) is 12.8. The molecule has 38 heavy (non-hydrogen) atoms. The Morgan fingerprint density at radius 1 is 1.00 bits per heavy atom. The number of hydrogen-bond acceptors (Lipinski definition) is 7. The van der Waals surface area contributed by atoms with E-state index in [0.29, 0.717) is 27.6 Å². The minimum atomic E-state index is -0.218. The first kappa shape index (κ1) is 25.4. The van der Waals surface area contributed by atoms with Gasteiger partial charge in [0.25, 0.3) is 5.56 Å². The summed E-state index contributed by atoms with van der Waals surface area (Å²) < 4.78 is 3.38. The zero-order valence-corrected chi connectivity index (χ0v) is 22.4. The van der Waals surface area contributed by atoms with Gasteiger partial charge in [-0.05, 0) is 30.2 Å². The second kappa shape index (κ2) is 10.3. The molecule has 2 atom stereocenters. The Morgan fingerprint density at radius 2 is 1.76 bits per heavy atom. The van der Waals surface area contributed by atoms with Crippen LogP contribution in [0.2, 0.25) is 5.02 Å². The highest BCUT2D eigenvalue weighted by atomic mass is 35.5. The monoisotopic (exact) mass is 528 g/mol. The van der Waals surface area contributed by atoms with Gasteiger partial charge in [0, 0.05) is 42.5 Å². The van der Waals surface area contributed by atoms with E-state index in [9.17, 15) is 4.79 Å². The Hall–Kier alpha value is -4.24. The quantitative estimate of drug-likeness (QED) is 0.303. The van der Waals surface area contributed by atoms with Crippen molar-refractivity contribution in [3.05, 3.63) is 88.3 Å². The van der Waals surface area contributed by atoms with Crippen molar-refractivity contribution in [1.29, 1.82) is 0 Å². The maximum Gasteiger partial charge on any atom is 0.267 e. The average Bonchev–Trinajstić information content (AvgIpc) is 3.33. The van der Waals surface area contributed by atoms with Crippen molar-refractivity contribution < 1.29 is 0 Å². The van der Waals surface area contributed by atoms with Crippen LogP contribution in [0.15, 0.2) is 71.9 Å². The third-order valence-electron chi connectivity index (χ3n) is 6.68. The lowest BCUT2D eigenvalue weighted by Crippen LogP contribution is -2.36. The third-order valence-corrected chi connectivity index (χ3v) is 6.99. The molecule has 0 radical (unpaired) electrons. The fourth-order valence-electron chi connectivity index (χ4n) is 4.80. The SMILES string of the molecule is CC(C)C(Nc1nc(N)ncc1-c1cnn(C)c1)C(C)c1nc2cccc(Cl)c2c(=O)n1-c1ccccc1. The molecule has 194 valence electrons. The topological polar surface area (TPSA) is 117 Å². The van der Waals surface area contributed by atoms with E-state index in [0.717, 1.165) is 16.8 Å². The molecule has 3 aromatic heterocycles. The zero-order chi connectivity index (χ0) is 27.0. The summed E-state index contributed by atoms with van der Waals surface area (Å²) in [7, 11) is 1.86. The number of anilines is 2. The van der Waals surface area contributed by atoms with E-state index >= 15 is 0 Å². The molecule has 0 aliphatic rings. The van der Waals surface area contributed by atoms with Crippen LogP contribution in [0.5, 0.6) is 0 Å². The van der Waals surface area contributed by atoms with Gasteiger partial charge in [-0.3, -0.25) is 14.0 Å². The zero-order valence-electron chi connectivity index (χ0n) is 21.6. The van der Waals surface area contributed by atoms with Crippen LogP contribution in [-0.4, -0.2) is 35.3 Å². The summed E-state index contributed by atoms with van der Waals surface area (Å²) in [4.78, 5) is 27.6. The highest BCUT2D eigenvalue weighted by Gasteiger charge is 2.29. The predicted octanol–water partition coefficient (Wildman–Crippen LogP) is 5.05. The number of aryl methyl sites for hydroxylation is 1.